The summed E-state index contributed by atoms with van der Waals surface area (Å²) in [5.74, 6) is 2.01. The average Bonchev–Trinajstić information content (AvgIpc) is 3.44. The monoisotopic (exact) mass is 559 g/mol. The van der Waals surface area contributed by atoms with Crippen LogP contribution in [-0.2, 0) is 12.5 Å². The molecule has 0 radical (unpaired) electrons. The van der Waals surface area contributed by atoms with E-state index in [0.29, 0.717) is 11.8 Å². The quantitative estimate of drug-likeness (QED) is 0.190. The topological polar surface area (TPSA) is 8.81 Å². The fourth-order valence-corrected chi connectivity index (χ4v) is 7.77. The maximum atomic E-state index is 2.61. The molecular weight excluding hydrogens is 516 g/mol. The van der Waals surface area contributed by atoms with Crippen molar-refractivity contribution in [2.24, 2.45) is 7.05 Å². The lowest BCUT2D eigenvalue weighted by molar-refractivity contribution is -0.633. The van der Waals surface area contributed by atoms with E-state index in [1.807, 2.05) is 11.3 Å². The van der Waals surface area contributed by atoms with Crippen LogP contribution in [0.15, 0.2) is 66.7 Å². The van der Waals surface area contributed by atoms with E-state index in [-0.39, 0.29) is 5.41 Å². The van der Waals surface area contributed by atoms with E-state index in [1.165, 1.54) is 76.1 Å². The summed E-state index contributed by atoms with van der Waals surface area (Å²) in [6.45, 7) is 21.0. The number of thiophene rings is 1. The summed E-state index contributed by atoms with van der Waals surface area (Å²) >= 11 is 1.92. The van der Waals surface area contributed by atoms with Crippen molar-refractivity contribution in [3.8, 4) is 17.1 Å². The normalized spacial score (nSPS) is 12.6. The molecule has 6 rings (SSSR count). The minimum atomic E-state index is 0.0767. The first-order valence-electron chi connectivity index (χ1n) is 15.0. The number of hydrogen-bond acceptors (Lipinski definition) is 1. The van der Waals surface area contributed by atoms with Gasteiger partial charge < -0.3 is 0 Å². The molecule has 0 aliphatic carbocycles. The summed E-state index contributed by atoms with van der Waals surface area (Å²) in [5, 5.41) is 2.73. The minimum Gasteiger partial charge on any atom is -0.225 e. The highest BCUT2D eigenvalue weighted by molar-refractivity contribution is 7.26. The van der Waals surface area contributed by atoms with Crippen LogP contribution in [0.3, 0.4) is 0 Å². The van der Waals surface area contributed by atoms with E-state index in [0.717, 1.165) is 0 Å². The van der Waals surface area contributed by atoms with Crippen molar-refractivity contribution in [2.75, 3.05) is 0 Å². The number of imidazole rings is 1. The second kappa shape index (κ2) is 9.84. The van der Waals surface area contributed by atoms with Crippen molar-refractivity contribution in [3.63, 3.8) is 0 Å². The second-order valence-electron chi connectivity index (χ2n) is 13.5. The maximum absolute atomic E-state index is 2.61. The second-order valence-corrected chi connectivity index (χ2v) is 14.5. The smallest absolute Gasteiger partial charge is 0.225 e. The maximum Gasteiger partial charge on any atom is 0.295 e. The first-order valence-corrected chi connectivity index (χ1v) is 15.8. The summed E-state index contributed by atoms with van der Waals surface area (Å²) in [4.78, 5) is 0. The SMILES string of the molecule is Cc1cc(C)c2sc3ccccc3c2c1-c1n(-c2c(C(C)C)cc(C(C)(C)C)cc2C(C)C)c2ccccc2[n+]1C. The number of aromatic nitrogens is 2. The standard InChI is InChI=1S/C38H43N2S/c1-22(2)28-20-26(38(7,8)9)21-29(23(3)4)35(28)40-31-17-13-12-16-30(31)39(10)37(40)33-24(5)19-25(6)36-34(33)27-15-11-14-18-32(27)41-36/h11-23H,1-10H3/q+1. The van der Waals surface area contributed by atoms with Gasteiger partial charge in [-0.25, -0.2) is 4.57 Å². The zero-order valence-corrected chi connectivity index (χ0v) is 27.1. The molecule has 0 fully saturated rings. The van der Waals surface area contributed by atoms with Gasteiger partial charge >= 0.3 is 0 Å². The van der Waals surface area contributed by atoms with Crippen LogP contribution < -0.4 is 4.57 Å². The molecule has 0 amide bonds. The molecule has 0 saturated carbocycles. The third kappa shape index (κ3) is 4.32. The van der Waals surface area contributed by atoms with Gasteiger partial charge in [0.15, 0.2) is 11.0 Å². The Morgan fingerprint density at radius 2 is 1.39 bits per heavy atom. The first kappa shape index (κ1) is 27.7. The Morgan fingerprint density at radius 3 is 2.02 bits per heavy atom. The predicted octanol–water partition coefficient (Wildman–Crippen LogP) is 10.7. The van der Waals surface area contributed by atoms with Gasteiger partial charge in [0.2, 0.25) is 0 Å². The van der Waals surface area contributed by atoms with Crippen LogP contribution in [0.25, 0.3) is 48.3 Å². The highest BCUT2D eigenvalue weighted by Gasteiger charge is 2.34. The predicted molar refractivity (Wildman–Crippen MR) is 179 cm³/mol. The molecule has 0 unspecified atom stereocenters. The number of fused-ring (bicyclic) bond motifs is 4. The van der Waals surface area contributed by atoms with Gasteiger partial charge in [-0.2, -0.15) is 4.57 Å². The van der Waals surface area contributed by atoms with Crippen molar-refractivity contribution in [1.29, 1.82) is 0 Å². The Bertz CT molecular complexity index is 1930. The van der Waals surface area contributed by atoms with Gasteiger partial charge in [0.25, 0.3) is 5.82 Å². The molecule has 3 heteroatoms. The van der Waals surface area contributed by atoms with Crippen molar-refractivity contribution < 1.29 is 4.57 Å². The summed E-state index contributed by atoms with van der Waals surface area (Å²) in [5.41, 5.74) is 12.2. The van der Waals surface area contributed by atoms with Crippen molar-refractivity contribution in [2.45, 2.75) is 79.6 Å². The summed E-state index contributed by atoms with van der Waals surface area (Å²) in [7, 11) is 2.25. The molecule has 0 N–H and O–H groups in total. The molecule has 0 aliphatic heterocycles. The van der Waals surface area contributed by atoms with Gasteiger partial charge in [-0.15, -0.1) is 11.3 Å². The fraction of sp³-hybridized carbons (Fsp3) is 0.342. The molecule has 4 aromatic carbocycles. The Hall–Kier alpha value is -3.43. The van der Waals surface area contributed by atoms with Crippen molar-refractivity contribution >= 4 is 42.5 Å². The van der Waals surface area contributed by atoms with Gasteiger partial charge in [0, 0.05) is 31.3 Å². The summed E-state index contributed by atoms with van der Waals surface area (Å²) in [6.07, 6.45) is 0. The lowest BCUT2D eigenvalue weighted by atomic mass is 9.81. The third-order valence-electron chi connectivity index (χ3n) is 8.77. The molecule has 0 spiro atoms. The average molecular weight is 560 g/mol. The van der Waals surface area contributed by atoms with Crippen molar-refractivity contribution in [3.05, 3.63) is 94.5 Å². The van der Waals surface area contributed by atoms with Crippen LogP contribution in [0.4, 0.5) is 0 Å². The minimum absolute atomic E-state index is 0.0767. The molecule has 6 aromatic rings. The third-order valence-corrected chi connectivity index (χ3v) is 10.1. The van der Waals surface area contributed by atoms with Gasteiger partial charge in [-0.05, 0) is 66.0 Å². The number of aryl methyl sites for hydroxylation is 3. The largest absolute Gasteiger partial charge is 0.295 e. The van der Waals surface area contributed by atoms with E-state index >= 15 is 0 Å². The molecule has 2 aromatic heterocycles. The molecule has 2 nitrogen and oxygen atoms in total. The van der Waals surface area contributed by atoms with Gasteiger partial charge in [0.1, 0.15) is 5.69 Å². The Labute approximate surface area is 249 Å². The van der Waals surface area contributed by atoms with E-state index in [1.54, 1.807) is 0 Å². The van der Waals surface area contributed by atoms with E-state index < -0.39 is 0 Å². The molecule has 0 atom stereocenters. The molecule has 0 bridgehead atoms. The number of benzene rings is 4. The van der Waals surface area contributed by atoms with Crippen LogP contribution in [0.5, 0.6) is 0 Å². The molecule has 210 valence electrons. The summed E-state index contributed by atoms with van der Waals surface area (Å²) < 4.78 is 7.78. The van der Waals surface area contributed by atoms with Crippen LogP contribution >= 0.6 is 11.3 Å². The Balaban J connectivity index is 1.86. The van der Waals surface area contributed by atoms with Gasteiger partial charge in [-0.1, -0.05) is 97.0 Å². The van der Waals surface area contributed by atoms with Crippen LogP contribution in [0.2, 0.25) is 0 Å². The van der Waals surface area contributed by atoms with E-state index in [9.17, 15) is 0 Å². The van der Waals surface area contributed by atoms with Crippen LogP contribution in [0, 0.1) is 13.8 Å². The number of para-hydroxylation sites is 2. The first-order chi connectivity index (χ1) is 19.4. The van der Waals surface area contributed by atoms with Crippen LogP contribution in [-0.4, -0.2) is 4.57 Å². The number of rotatable bonds is 4. The lowest BCUT2D eigenvalue weighted by Crippen LogP contribution is -2.31. The Morgan fingerprint density at radius 1 is 0.780 bits per heavy atom. The number of hydrogen-bond donors (Lipinski definition) is 0. The highest BCUT2D eigenvalue weighted by Crippen LogP contribution is 2.45. The zero-order valence-electron chi connectivity index (χ0n) is 26.3. The molecule has 2 heterocycles. The summed E-state index contributed by atoms with van der Waals surface area (Å²) in [6, 6.07) is 25.2. The molecule has 41 heavy (non-hydrogen) atoms. The van der Waals surface area contributed by atoms with Crippen LogP contribution in [0.1, 0.15) is 88.1 Å². The van der Waals surface area contributed by atoms with Gasteiger partial charge in [-0.3, -0.25) is 0 Å². The van der Waals surface area contributed by atoms with Crippen molar-refractivity contribution in [1.82, 2.24) is 4.57 Å². The molecule has 0 aliphatic rings. The molecule has 0 saturated heterocycles. The molecular formula is C38H43N2S+. The number of nitrogens with zero attached hydrogens (tertiary/aromatic N) is 2. The zero-order chi connectivity index (χ0) is 29.4. The fourth-order valence-electron chi connectivity index (χ4n) is 6.59. The van der Waals surface area contributed by atoms with Gasteiger partial charge in [0.05, 0.1) is 12.6 Å². The Kier molecular flexibility index (Phi) is 6.65. The van der Waals surface area contributed by atoms with E-state index in [4.69, 9.17) is 0 Å². The lowest BCUT2D eigenvalue weighted by Gasteiger charge is -2.26. The highest BCUT2D eigenvalue weighted by atomic mass is 32.1. The van der Waals surface area contributed by atoms with E-state index in [2.05, 4.69) is 145 Å².